The van der Waals surface area contributed by atoms with Gasteiger partial charge in [0.1, 0.15) is 0 Å². The lowest BCUT2D eigenvalue weighted by Gasteiger charge is -2.56. The summed E-state index contributed by atoms with van der Waals surface area (Å²) in [7, 11) is 0. The van der Waals surface area contributed by atoms with Crippen molar-refractivity contribution in [3.8, 4) is 0 Å². The molecule has 4 aliphatic rings. The van der Waals surface area contributed by atoms with E-state index in [-0.39, 0.29) is 0 Å². The highest BCUT2D eigenvalue weighted by molar-refractivity contribution is 5.19. The fraction of sp³-hybridized carbons (Fsp3) is 1.00. The molecule has 62 valence electrons. The highest BCUT2D eigenvalue weighted by Crippen LogP contribution is 2.69. The van der Waals surface area contributed by atoms with Gasteiger partial charge in [0.05, 0.1) is 11.7 Å². The maximum atomic E-state index is 5.75. The molecule has 4 fully saturated rings. The van der Waals surface area contributed by atoms with Gasteiger partial charge in [-0.2, -0.15) is 0 Å². The molecule has 0 aromatic heterocycles. The molecule has 2 unspecified atom stereocenters. The second kappa shape index (κ2) is 1.39. The van der Waals surface area contributed by atoms with Gasteiger partial charge in [-0.05, 0) is 37.0 Å². The predicted octanol–water partition coefficient (Wildman–Crippen LogP) is 2.21. The Morgan fingerprint density at radius 3 is 2.45 bits per heavy atom. The highest BCUT2D eigenvalue weighted by atomic mass is 16.6. The summed E-state index contributed by atoms with van der Waals surface area (Å²) >= 11 is 0. The van der Waals surface area contributed by atoms with Gasteiger partial charge in [0.25, 0.3) is 0 Å². The van der Waals surface area contributed by atoms with Crippen molar-refractivity contribution in [1.29, 1.82) is 0 Å². The van der Waals surface area contributed by atoms with E-state index in [9.17, 15) is 0 Å². The maximum absolute atomic E-state index is 5.75. The van der Waals surface area contributed by atoms with E-state index >= 15 is 0 Å². The first kappa shape index (κ1) is 6.47. The average molecular weight is 152 g/mol. The van der Waals surface area contributed by atoms with Crippen molar-refractivity contribution >= 4 is 0 Å². The normalized spacial score (nSPS) is 63.0. The molecule has 11 heavy (non-hydrogen) atoms. The second-order valence-corrected chi connectivity index (χ2v) is 5.42. The minimum absolute atomic E-state index is 0.323. The Balaban J connectivity index is 1.94. The summed E-state index contributed by atoms with van der Waals surface area (Å²) in [5, 5.41) is 0. The topological polar surface area (TPSA) is 12.5 Å². The van der Waals surface area contributed by atoms with Crippen LogP contribution in [0, 0.1) is 17.3 Å². The lowest BCUT2D eigenvalue weighted by Crippen LogP contribution is -2.54. The van der Waals surface area contributed by atoms with Crippen molar-refractivity contribution in [2.45, 2.75) is 45.3 Å². The molecule has 4 atom stereocenters. The molecular formula is C10H16O. The molecule has 3 saturated carbocycles. The first-order valence-corrected chi connectivity index (χ1v) is 4.72. The molecule has 0 aromatic carbocycles. The summed E-state index contributed by atoms with van der Waals surface area (Å²) in [5.74, 6) is 1.84. The Hall–Kier alpha value is -0.0400. The minimum atomic E-state index is 0.323. The van der Waals surface area contributed by atoms with E-state index in [2.05, 4.69) is 20.8 Å². The first-order chi connectivity index (χ1) is 5.04. The van der Waals surface area contributed by atoms with Crippen molar-refractivity contribution in [2.75, 3.05) is 0 Å². The van der Waals surface area contributed by atoms with Gasteiger partial charge >= 0.3 is 0 Å². The zero-order valence-electron chi connectivity index (χ0n) is 7.55. The molecule has 1 heterocycles. The van der Waals surface area contributed by atoms with Crippen molar-refractivity contribution in [2.24, 2.45) is 17.3 Å². The molecule has 0 N–H and O–H groups in total. The van der Waals surface area contributed by atoms with Crippen LogP contribution in [0.25, 0.3) is 0 Å². The molecule has 2 bridgehead atoms. The first-order valence-electron chi connectivity index (χ1n) is 4.72. The summed E-state index contributed by atoms with van der Waals surface area (Å²) in [5.41, 5.74) is 0.920. The lowest BCUT2D eigenvalue weighted by atomic mass is 9.47. The van der Waals surface area contributed by atoms with E-state index in [1.807, 2.05) is 0 Å². The molecular weight excluding hydrogens is 136 g/mol. The van der Waals surface area contributed by atoms with Crippen LogP contribution >= 0.6 is 0 Å². The summed E-state index contributed by atoms with van der Waals surface area (Å²) < 4.78 is 5.75. The van der Waals surface area contributed by atoms with Crippen LogP contribution in [0.3, 0.4) is 0 Å². The van der Waals surface area contributed by atoms with E-state index in [0.29, 0.717) is 17.1 Å². The number of rotatable bonds is 0. The lowest BCUT2D eigenvalue weighted by molar-refractivity contribution is -0.0597. The standard InChI is InChI=1S/C10H16O/c1-9(2)6-4-7(9)8-10(3,5-6)11-8/h6-8H,4-5H2,1-3H3/t6?,7-,8?,10-/m0/s1. The van der Waals surface area contributed by atoms with E-state index < -0.39 is 0 Å². The molecule has 0 aromatic rings. The Morgan fingerprint density at radius 1 is 1.27 bits per heavy atom. The monoisotopic (exact) mass is 152 g/mol. The van der Waals surface area contributed by atoms with Gasteiger partial charge in [0.2, 0.25) is 0 Å². The van der Waals surface area contributed by atoms with E-state index in [1.54, 1.807) is 0 Å². The number of hydrogen-bond acceptors (Lipinski definition) is 1. The largest absolute Gasteiger partial charge is 0.366 e. The molecule has 3 aliphatic carbocycles. The van der Waals surface area contributed by atoms with Crippen molar-refractivity contribution in [1.82, 2.24) is 0 Å². The fourth-order valence-corrected chi connectivity index (χ4v) is 3.33. The number of epoxide rings is 1. The molecule has 1 aliphatic heterocycles. The minimum Gasteiger partial charge on any atom is -0.366 e. The van der Waals surface area contributed by atoms with Crippen LogP contribution < -0.4 is 0 Å². The van der Waals surface area contributed by atoms with Crippen LogP contribution in [0.15, 0.2) is 0 Å². The van der Waals surface area contributed by atoms with Crippen molar-refractivity contribution < 1.29 is 4.74 Å². The molecule has 1 nitrogen and oxygen atoms in total. The van der Waals surface area contributed by atoms with Crippen LogP contribution in [0.4, 0.5) is 0 Å². The van der Waals surface area contributed by atoms with Gasteiger partial charge in [-0.15, -0.1) is 0 Å². The fourth-order valence-electron chi connectivity index (χ4n) is 3.33. The van der Waals surface area contributed by atoms with Crippen molar-refractivity contribution in [3.05, 3.63) is 0 Å². The number of hydrogen-bond donors (Lipinski definition) is 0. The smallest absolute Gasteiger partial charge is 0.0926 e. The quantitative estimate of drug-likeness (QED) is 0.485. The molecule has 0 spiro atoms. The Morgan fingerprint density at radius 2 is 2.00 bits per heavy atom. The van der Waals surface area contributed by atoms with Crippen LogP contribution in [0.2, 0.25) is 0 Å². The van der Waals surface area contributed by atoms with Gasteiger partial charge in [0.15, 0.2) is 0 Å². The molecule has 4 rings (SSSR count). The molecule has 1 saturated heterocycles. The summed E-state index contributed by atoms with van der Waals surface area (Å²) in [4.78, 5) is 0. The zero-order valence-corrected chi connectivity index (χ0v) is 7.55. The van der Waals surface area contributed by atoms with Gasteiger partial charge in [0, 0.05) is 0 Å². The Labute approximate surface area is 68.1 Å². The third-order valence-corrected chi connectivity index (χ3v) is 4.50. The Bertz CT molecular complexity index is 221. The van der Waals surface area contributed by atoms with Crippen LogP contribution in [-0.2, 0) is 4.74 Å². The van der Waals surface area contributed by atoms with Crippen LogP contribution in [-0.4, -0.2) is 11.7 Å². The van der Waals surface area contributed by atoms with E-state index in [1.165, 1.54) is 12.8 Å². The molecule has 0 radical (unpaired) electrons. The average Bonchev–Trinajstić information content (AvgIpc) is 2.58. The molecule has 0 amide bonds. The van der Waals surface area contributed by atoms with Crippen LogP contribution in [0.5, 0.6) is 0 Å². The van der Waals surface area contributed by atoms with E-state index in [0.717, 1.165) is 11.8 Å². The third-order valence-electron chi connectivity index (χ3n) is 4.50. The third kappa shape index (κ3) is 0.547. The van der Waals surface area contributed by atoms with Gasteiger partial charge in [-0.1, -0.05) is 13.8 Å². The van der Waals surface area contributed by atoms with Crippen molar-refractivity contribution in [3.63, 3.8) is 0 Å². The number of ether oxygens (including phenoxy) is 1. The van der Waals surface area contributed by atoms with Gasteiger partial charge in [-0.25, -0.2) is 0 Å². The van der Waals surface area contributed by atoms with Crippen LogP contribution in [0.1, 0.15) is 33.6 Å². The zero-order chi connectivity index (χ0) is 7.85. The maximum Gasteiger partial charge on any atom is 0.0926 e. The van der Waals surface area contributed by atoms with Gasteiger partial charge in [-0.3, -0.25) is 0 Å². The van der Waals surface area contributed by atoms with Gasteiger partial charge < -0.3 is 4.74 Å². The SMILES string of the molecule is CC1(C)C2C[C@H]1C1O[C@@]1(C)C2. The Kier molecular flexibility index (Phi) is 0.820. The second-order valence-electron chi connectivity index (χ2n) is 5.42. The predicted molar refractivity (Wildman–Crippen MR) is 43.3 cm³/mol. The molecule has 1 heteroatoms. The summed E-state index contributed by atoms with van der Waals surface area (Å²) in [6.07, 6.45) is 3.39. The highest BCUT2D eigenvalue weighted by Gasteiger charge is 2.71. The summed E-state index contributed by atoms with van der Waals surface area (Å²) in [6.45, 7) is 7.10. The summed E-state index contributed by atoms with van der Waals surface area (Å²) in [6, 6.07) is 0. The van der Waals surface area contributed by atoms with E-state index in [4.69, 9.17) is 4.74 Å².